The Labute approximate surface area is 139 Å². The number of carbonyl (C=O) groups is 1. The van der Waals surface area contributed by atoms with Crippen LogP contribution >= 0.6 is 0 Å². The van der Waals surface area contributed by atoms with Gasteiger partial charge in [-0.05, 0) is 50.2 Å². The summed E-state index contributed by atoms with van der Waals surface area (Å²) < 4.78 is 0. The molecule has 2 heterocycles. The lowest BCUT2D eigenvalue weighted by Gasteiger charge is -2.38. The fourth-order valence-corrected chi connectivity index (χ4v) is 3.84. The van der Waals surface area contributed by atoms with Crippen LogP contribution in [0.3, 0.4) is 0 Å². The zero-order valence-corrected chi connectivity index (χ0v) is 14.1. The summed E-state index contributed by atoms with van der Waals surface area (Å²) in [6.45, 7) is 4.92. The summed E-state index contributed by atoms with van der Waals surface area (Å²) in [5.74, 6) is 0.643. The maximum Gasteiger partial charge on any atom is 0.224 e. The molecule has 0 spiro atoms. The van der Waals surface area contributed by atoms with E-state index < -0.39 is 0 Å². The molecule has 2 aliphatic rings. The molecule has 23 heavy (non-hydrogen) atoms. The van der Waals surface area contributed by atoms with Crippen LogP contribution in [-0.2, 0) is 11.2 Å². The molecule has 3 rings (SSSR count). The summed E-state index contributed by atoms with van der Waals surface area (Å²) in [5.41, 5.74) is 2.71. The van der Waals surface area contributed by atoms with Crippen LogP contribution in [-0.4, -0.2) is 48.2 Å². The number of likely N-dealkylation sites (tertiary alicyclic amines) is 1. The molecule has 0 aromatic heterocycles. The number of anilines is 1. The first-order valence-electron chi connectivity index (χ1n) is 8.92. The molecule has 4 heteroatoms. The van der Waals surface area contributed by atoms with Gasteiger partial charge in [0.25, 0.3) is 0 Å². The van der Waals surface area contributed by atoms with Crippen molar-refractivity contribution in [2.75, 3.05) is 31.1 Å². The van der Waals surface area contributed by atoms with E-state index in [9.17, 15) is 9.90 Å². The molecule has 126 valence electrons. The highest BCUT2D eigenvalue weighted by atomic mass is 16.3. The quantitative estimate of drug-likeness (QED) is 0.928. The minimum absolute atomic E-state index is 0.254. The molecule has 1 saturated heterocycles. The van der Waals surface area contributed by atoms with Crippen molar-refractivity contribution in [3.8, 4) is 0 Å². The molecule has 1 N–H and O–H groups in total. The molecule has 1 unspecified atom stereocenters. The Balaban J connectivity index is 1.57. The summed E-state index contributed by atoms with van der Waals surface area (Å²) in [4.78, 5) is 16.9. The lowest BCUT2D eigenvalue weighted by atomic mass is 9.96. The molecular weight excluding hydrogens is 288 g/mol. The second kappa shape index (κ2) is 7.35. The fraction of sp³-hybridized carbons (Fsp3) is 0.632. The van der Waals surface area contributed by atoms with Crippen LogP contribution in [0.1, 0.15) is 38.2 Å². The topological polar surface area (TPSA) is 43.8 Å². The minimum atomic E-state index is 0.254. The van der Waals surface area contributed by atoms with Gasteiger partial charge in [0.05, 0.1) is 0 Å². The second-order valence-corrected chi connectivity index (χ2v) is 6.97. The Morgan fingerprint density at radius 1 is 1.22 bits per heavy atom. The zero-order chi connectivity index (χ0) is 16.2. The van der Waals surface area contributed by atoms with Gasteiger partial charge in [-0.1, -0.05) is 18.2 Å². The van der Waals surface area contributed by atoms with Crippen molar-refractivity contribution in [1.82, 2.24) is 4.90 Å². The number of hydrogen-bond donors (Lipinski definition) is 1. The van der Waals surface area contributed by atoms with E-state index in [0.717, 1.165) is 45.3 Å². The lowest BCUT2D eigenvalue weighted by Crippen LogP contribution is -2.43. The van der Waals surface area contributed by atoms with Crippen LogP contribution in [0, 0.1) is 5.92 Å². The lowest BCUT2D eigenvalue weighted by molar-refractivity contribution is -0.132. The van der Waals surface area contributed by atoms with Gasteiger partial charge in [0.2, 0.25) is 5.91 Å². The van der Waals surface area contributed by atoms with E-state index in [1.165, 1.54) is 11.3 Å². The number of carbonyl (C=O) groups excluding carboxylic acids is 1. The number of aliphatic hydroxyl groups is 1. The summed E-state index contributed by atoms with van der Waals surface area (Å²) >= 11 is 0. The van der Waals surface area contributed by atoms with Gasteiger partial charge in [0.1, 0.15) is 0 Å². The van der Waals surface area contributed by atoms with Crippen molar-refractivity contribution < 1.29 is 9.90 Å². The summed E-state index contributed by atoms with van der Waals surface area (Å²) in [5, 5.41) is 9.20. The summed E-state index contributed by atoms with van der Waals surface area (Å²) in [7, 11) is 0. The van der Waals surface area contributed by atoms with E-state index in [1.54, 1.807) is 0 Å². The van der Waals surface area contributed by atoms with E-state index in [0.29, 0.717) is 18.4 Å². The highest BCUT2D eigenvalue weighted by molar-refractivity contribution is 5.77. The number of piperidine rings is 1. The van der Waals surface area contributed by atoms with Crippen molar-refractivity contribution in [3.63, 3.8) is 0 Å². The van der Waals surface area contributed by atoms with Crippen molar-refractivity contribution in [3.05, 3.63) is 29.8 Å². The first kappa shape index (κ1) is 16.3. The Morgan fingerprint density at radius 3 is 2.70 bits per heavy atom. The second-order valence-electron chi connectivity index (χ2n) is 6.97. The Kier molecular flexibility index (Phi) is 5.21. The average molecular weight is 316 g/mol. The third-order valence-electron chi connectivity index (χ3n) is 5.46. The molecular formula is C19H28N2O2. The first-order valence-corrected chi connectivity index (χ1v) is 8.92. The highest BCUT2D eigenvalue weighted by Gasteiger charge is 2.25. The van der Waals surface area contributed by atoms with Gasteiger partial charge in [0.15, 0.2) is 0 Å². The number of aryl methyl sites for hydroxylation is 1. The molecule has 1 atom stereocenters. The molecule has 1 aromatic rings. The molecule has 1 fully saturated rings. The van der Waals surface area contributed by atoms with Gasteiger partial charge in [-0.3, -0.25) is 4.79 Å². The Bertz CT molecular complexity index is 538. The van der Waals surface area contributed by atoms with Crippen molar-refractivity contribution in [1.29, 1.82) is 0 Å². The maximum atomic E-state index is 12.5. The predicted molar refractivity (Wildman–Crippen MR) is 92.6 cm³/mol. The third-order valence-corrected chi connectivity index (χ3v) is 5.46. The number of amides is 1. The number of aliphatic hydroxyl groups excluding tert-OH is 1. The number of para-hydroxylation sites is 1. The van der Waals surface area contributed by atoms with Crippen LogP contribution in [0.4, 0.5) is 5.69 Å². The number of benzene rings is 1. The summed E-state index contributed by atoms with van der Waals surface area (Å²) in [6, 6.07) is 9.07. The molecule has 0 radical (unpaired) electrons. The van der Waals surface area contributed by atoms with Crippen molar-refractivity contribution in [2.45, 2.75) is 45.1 Å². The molecule has 0 aliphatic carbocycles. The van der Waals surface area contributed by atoms with Crippen molar-refractivity contribution >= 4 is 11.6 Å². The number of fused-ring (bicyclic) bond motifs is 1. The van der Waals surface area contributed by atoms with Gasteiger partial charge in [0, 0.05) is 44.4 Å². The number of hydrogen-bond acceptors (Lipinski definition) is 3. The van der Waals surface area contributed by atoms with Crippen LogP contribution in [0.5, 0.6) is 0 Å². The Morgan fingerprint density at radius 2 is 1.96 bits per heavy atom. The SMILES string of the molecule is CC1CCc2ccccc2N1CCC(=O)N1CCC(CO)CC1. The smallest absolute Gasteiger partial charge is 0.224 e. The van der Waals surface area contributed by atoms with Gasteiger partial charge in [-0.25, -0.2) is 0 Å². The van der Waals surface area contributed by atoms with Crippen LogP contribution in [0.25, 0.3) is 0 Å². The molecule has 2 aliphatic heterocycles. The van der Waals surface area contributed by atoms with Crippen LogP contribution < -0.4 is 4.90 Å². The van der Waals surface area contributed by atoms with Gasteiger partial charge >= 0.3 is 0 Å². The molecule has 1 amide bonds. The van der Waals surface area contributed by atoms with Crippen LogP contribution in [0.15, 0.2) is 24.3 Å². The van der Waals surface area contributed by atoms with Gasteiger partial charge < -0.3 is 14.9 Å². The predicted octanol–water partition coefficient (Wildman–Crippen LogP) is 2.45. The van der Waals surface area contributed by atoms with E-state index in [4.69, 9.17) is 0 Å². The van der Waals surface area contributed by atoms with Crippen molar-refractivity contribution in [2.24, 2.45) is 5.92 Å². The first-order chi connectivity index (χ1) is 11.2. The Hall–Kier alpha value is -1.55. The zero-order valence-electron chi connectivity index (χ0n) is 14.1. The van der Waals surface area contributed by atoms with Gasteiger partial charge in [-0.15, -0.1) is 0 Å². The molecule has 1 aromatic carbocycles. The van der Waals surface area contributed by atoms with E-state index in [-0.39, 0.29) is 12.5 Å². The van der Waals surface area contributed by atoms with Gasteiger partial charge in [-0.2, -0.15) is 0 Å². The monoisotopic (exact) mass is 316 g/mol. The number of nitrogens with zero attached hydrogens (tertiary/aromatic N) is 2. The fourth-order valence-electron chi connectivity index (χ4n) is 3.84. The average Bonchev–Trinajstić information content (AvgIpc) is 2.60. The standard InChI is InChI=1S/C19H28N2O2/c1-15-6-7-17-4-2-3-5-18(17)21(15)13-10-19(23)20-11-8-16(14-22)9-12-20/h2-5,15-16,22H,6-14H2,1H3. The van der Waals surface area contributed by atoms with E-state index in [1.807, 2.05) is 4.90 Å². The van der Waals surface area contributed by atoms with E-state index >= 15 is 0 Å². The molecule has 0 bridgehead atoms. The largest absolute Gasteiger partial charge is 0.396 e. The molecule has 0 saturated carbocycles. The number of rotatable bonds is 4. The van der Waals surface area contributed by atoms with Crippen LogP contribution in [0.2, 0.25) is 0 Å². The maximum absolute atomic E-state index is 12.5. The van der Waals surface area contributed by atoms with E-state index in [2.05, 4.69) is 36.1 Å². The minimum Gasteiger partial charge on any atom is -0.396 e. The third kappa shape index (κ3) is 3.69. The summed E-state index contributed by atoms with van der Waals surface area (Å²) in [6.07, 6.45) is 4.75. The normalized spacial score (nSPS) is 22.1. The highest BCUT2D eigenvalue weighted by Crippen LogP contribution is 2.30. The molecule has 4 nitrogen and oxygen atoms in total.